The highest BCUT2D eigenvalue weighted by molar-refractivity contribution is 6.01. The molecule has 0 amide bonds. The summed E-state index contributed by atoms with van der Waals surface area (Å²) in [5.41, 5.74) is -1.51. The molecule has 0 aromatic heterocycles. The van der Waals surface area contributed by atoms with Gasteiger partial charge in [-0.3, -0.25) is 14.4 Å². The number of carbonyl (C=O) groups is 3. The van der Waals surface area contributed by atoms with Gasteiger partial charge in [0.05, 0.1) is 0 Å². The lowest BCUT2D eigenvalue weighted by Crippen LogP contribution is -2.46. The normalized spacial score (nSPS) is 23.0. The molecular formula is C11H12O5. The van der Waals surface area contributed by atoms with E-state index in [1.807, 2.05) is 0 Å². The number of ketones is 1. The third kappa shape index (κ3) is 2.79. The van der Waals surface area contributed by atoms with E-state index in [-0.39, 0.29) is 6.61 Å². The molecule has 1 unspecified atom stereocenters. The topological polar surface area (TPSA) is 69.7 Å². The molecule has 0 saturated heterocycles. The fraction of sp³-hybridized carbons (Fsp3) is 0.364. The van der Waals surface area contributed by atoms with Gasteiger partial charge in [0.25, 0.3) is 0 Å². The van der Waals surface area contributed by atoms with Gasteiger partial charge in [-0.2, -0.15) is 0 Å². The highest BCUT2D eigenvalue weighted by atomic mass is 16.6. The standard InChI is InChI=1S/C11H12O5/c1-8(12)15-7-11(16-9(2)13)6-4-3-5-10(11)14/h3-6H,7H2,1-2H3. The summed E-state index contributed by atoms with van der Waals surface area (Å²) in [7, 11) is 0. The van der Waals surface area contributed by atoms with Crippen LogP contribution in [-0.2, 0) is 23.9 Å². The SMILES string of the molecule is CC(=O)OCC1(OC(C)=O)C=CC=CC1=O. The van der Waals surface area contributed by atoms with Crippen molar-refractivity contribution in [1.82, 2.24) is 0 Å². The van der Waals surface area contributed by atoms with Crippen LogP contribution < -0.4 is 0 Å². The van der Waals surface area contributed by atoms with Crippen LogP contribution >= 0.6 is 0 Å². The van der Waals surface area contributed by atoms with Crippen LogP contribution in [0.2, 0.25) is 0 Å². The molecular weight excluding hydrogens is 212 g/mol. The van der Waals surface area contributed by atoms with Gasteiger partial charge in [0.2, 0.25) is 11.4 Å². The zero-order valence-electron chi connectivity index (χ0n) is 9.06. The van der Waals surface area contributed by atoms with E-state index in [0.29, 0.717) is 0 Å². The first kappa shape index (κ1) is 12.2. The second kappa shape index (κ2) is 4.74. The van der Waals surface area contributed by atoms with Gasteiger partial charge in [-0.15, -0.1) is 0 Å². The van der Waals surface area contributed by atoms with Crippen molar-refractivity contribution in [3.05, 3.63) is 24.3 Å². The van der Waals surface area contributed by atoms with E-state index in [2.05, 4.69) is 0 Å². The summed E-state index contributed by atoms with van der Waals surface area (Å²) >= 11 is 0. The predicted molar refractivity (Wildman–Crippen MR) is 54.4 cm³/mol. The molecule has 0 N–H and O–H groups in total. The van der Waals surface area contributed by atoms with Gasteiger partial charge >= 0.3 is 11.9 Å². The molecule has 0 heterocycles. The zero-order chi connectivity index (χ0) is 12.2. The molecule has 1 aliphatic rings. The molecule has 0 saturated carbocycles. The van der Waals surface area contributed by atoms with Gasteiger partial charge in [-0.05, 0) is 12.2 Å². The smallest absolute Gasteiger partial charge is 0.304 e. The number of carbonyl (C=O) groups excluding carboxylic acids is 3. The van der Waals surface area contributed by atoms with Crippen molar-refractivity contribution < 1.29 is 23.9 Å². The van der Waals surface area contributed by atoms with Crippen LogP contribution in [0.5, 0.6) is 0 Å². The van der Waals surface area contributed by atoms with Crippen molar-refractivity contribution in [3.8, 4) is 0 Å². The largest absolute Gasteiger partial charge is 0.461 e. The molecule has 0 aromatic rings. The summed E-state index contributed by atoms with van der Waals surface area (Å²) in [6, 6.07) is 0. The van der Waals surface area contributed by atoms with Gasteiger partial charge in [0, 0.05) is 13.8 Å². The minimum Gasteiger partial charge on any atom is -0.461 e. The van der Waals surface area contributed by atoms with Gasteiger partial charge in [-0.1, -0.05) is 12.2 Å². The third-order valence-corrected chi connectivity index (χ3v) is 1.96. The summed E-state index contributed by atoms with van der Waals surface area (Å²) in [4.78, 5) is 33.3. The van der Waals surface area contributed by atoms with E-state index < -0.39 is 23.3 Å². The van der Waals surface area contributed by atoms with E-state index >= 15 is 0 Å². The molecule has 86 valence electrons. The van der Waals surface area contributed by atoms with Crippen LogP contribution in [0.1, 0.15) is 13.8 Å². The van der Waals surface area contributed by atoms with E-state index in [1.54, 1.807) is 6.08 Å². The maximum Gasteiger partial charge on any atom is 0.304 e. The molecule has 0 fully saturated rings. The first-order chi connectivity index (χ1) is 7.46. The third-order valence-electron chi connectivity index (χ3n) is 1.96. The van der Waals surface area contributed by atoms with Crippen LogP contribution in [0.3, 0.4) is 0 Å². The zero-order valence-corrected chi connectivity index (χ0v) is 9.06. The second-order valence-electron chi connectivity index (χ2n) is 3.35. The highest BCUT2D eigenvalue weighted by Crippen LogP contribution is 2.20. The maximum atomic E-state index is 11.7. The minimum atomic E-state index is -1.51. The van der Waals surface area contributed by atoms with Crippen LogP contribution in [0.4, 0.5) is 0 Å². The van der Waals surface area contributed by atoms with Gasteiger partial charge in [0.1, 0.15) is 6.61 Å². The number of allylic oxidation sites excluding steroid dienone is 2. The molecule has 5 heteroatoms. The fourth-order valence-electron chi connectivity index (χ4n) is 1.28. The molecule has 0 aliphatic heterocycles. The molecule has 0 radical (unpaired) electrons. The number of hydrogen-bond donors (Lipinski definition) is 0. The van der Waals surface area contributed by atoms with Crippen LogP contribution in [-0.4, -0.2) is 29.9 Å². The number of rotatable bonds is 3. The molecule has 1 atom stereocenters. The Morgan fingerprint density at radius 2 is 1.94 bits per heavy atom. The summed E-state index contributed by atoms with van der Waals surface area (Å²) < 4.78 is 9.67. The Kier molecular flexibility index (Phi) is 3.60. The Morgan fingerprint density at radius 3 is 2.44 bits per heavy atom. The molecule has 1 rings (SSSR count). The van der Waals surface area contributed by atoms with Crippen molar-refractivity contribution in [3.63, 3.8) is 0 Å². The second-order valence-corrected chi connectivity index (χ2v) is 3.35. The molecule has 0 bridgehead atoms. The van der Waals surface area contributed by atoms with E-state index in [9.17, 15) is 14.4 Å². The van der Waals surface area contributed by atoms with Crippen molar-refractivity contribution in [2.45, 2.75) is 19.4 Å². The van der Waals surface area contributed by atoms with E-state index in [0.717, 1.165) is 0 Å². The van der Waals surface area contributed by atoms with Crippen molar-refractivity contribution in [2.24, 2.45) is 0 Å². The van der Waals surface area contributed by atoms with Crippen LogP contribution in [0.15, 0.2) is 24.3 Å². The first-order valence-electron chi connectivity index (χ1n) is 4.69. The maximum absolute atomic E-state index is 11.7. The molecule has 5 nitrogen and oxygen atoms in total. The Labute approximate surface area is 92.7 Å². The van der Waals surface area contributed by atoms with E-state index in [1.165, 1.54) is 32.1 Å². The summed E-state index contributed by atoms with van der Waals surface area (Å²) in [6.45, 7) is 2.10. The Balaban J connectivity index is 2.88. The monoisotopic (exact) mass is 224 g/mol. The highest BCUT2D eigenvalue weighted by Gasteiger charge is 2.40. The average molecular weight is 224 g/mol. The molecule has 0 aromatic carbocycles. The van der Waals surface area contributed by atoms with Crippen molar-refractivity contribution in [1.29, 1.82) is 0 Å². The lowest BCUT2D eigenvalue weighted by atomic mass is 9.94. The molecule has 0 spiro atoms. The van der Waals surface area contributed by atoms with Gasteiger partial charge in [0.15, 0.2) is 0 Å². The van der Waals surface area contributed by atoms with Crippen LogP contribution in [0, 0.1) is 0 Å². The first-order valence-corrected chi connectivity index (χ1v) is 4.69. The van der Waals surface area contributed by atoms with Gasteiger partial charge < -0.3 is 9.47 Å². The van der Waals surface area contributed by atoms with Crippen molar-refractivity contribution >= 4 is 17.7 Å². The fourth-order valence-corrected chi connectivity index (χ4v) is 1.28. The Bertz CT molecular complexity index is 380. The summed E-state index contributed by atoms with van der Waals surface area (Å²) in [6.07, 6.45) is 5.76. The van der Waals surface area contributed by atoms with Crippen LogP contribution in [0.25, 0.3) is 0 Å². The lowest BCUT2D eigenvalue weighted by molar-refractivity contribution is -0.168. The quantitative estimate of drug-likeness (QED) is 0.654. The molecule has 1 aliphatic carbocycles. The summed E-state index contributed by atoms with van der Waals surface area (Å²) in [5.74, 6) is -1.57. The Morgan fingerprint density at radius 1 is 1.25 bits per heavy atom. The average Bonchev–Trinajstić information content (AvgIpc) is 2.18. The minimum absolute atomic E-state index is 0.304. The summed E-state index contributed by atoms with van der Waals surface area (Å²) in [5, 5.41) is 0. The number of ether oxygens (including phenoxy) is 2. The molecule has 16 heavy (non-hydrogen) atoms. The van der Waals surface area contributed by atoms with Gasteiger partial charge in [-0.25, -0.2) is 0 Å². The predicted octanol–water partition coefficient (Wildman–Crippen LogP) is 0.546. The number of esters is 2. The van der Waals surface area contributed by atoms with E-state index in [4.69, 9.17) is 9.47 Å². The lowest BCUT2D eigenvalue weighted by Gasteiger charge is -2.28. The van der Waals surface area contributed by atoms with Crippen molar-refractivity contribution in [2.75, 3.05) is 6.61 Å². The Hall–Kier alpha value is -1.91. The number of hydrogen-bond acceptors (Lipinski definition) is 5.